The van der Waals surface area contributed by atoms with E-state index in [4.69, 9.17) is 4.74 Å². The van der Waals surface area contributed by atoms with Crippen LogP contribution in [0.1, 0.15) is 47.0 Å². The Morgan fingerprint density at radius 1 is 0.944 bits per heavy atom. The number of ether oxygens (including phenoxy) is 1. The first-order valence-corrected chi connectivity index (χ1v) is 7.03. The molecular weight excluding hydrogens is 224 g/mol. The van der Waals surface area contributed by atoms with Crippen LogP contribution < -0.4 is 0 Å². The van der Waals surface area contributed by atoms with Gasteiger partial charge in [-0.3, -0.25) is 4.90 Å². The Kier molecular flexibility index (Phi) is 3.46. The van der Waals surface area contributed by atoms with Gasteiger partial charge < -0.3 is 4.74 Å². The quantitative estimate of drug-likeness (QED) is 0.718. The van der Waals surface area contributed by atoms with Gasteiger partial charge in [0, 0.05) is 13.1 Å². The molecule has 1 heterocycles. The maximum absolute atomic E-state index is 9.83. The molecule has 3 heteroatoms. The Morgan fingerprint density at radius 3 is 1.89 bits per heavy atom. The van der Waals surface area contributed by atoms with Crippen molar-refractivity contribution in [2.75, 3.05) is 26.3 Å². The maximum Gasteiger partial charge on any atom is 0.110 e. The zero-order chi connectivity index (χ0) is 13.4. The summed E-state index contributed by atoms with van der Waals surface area (Å²) in [4.78, 5) is 2.37. The summed E-state index contributed by atoms with van der Waals surface area (Å²) in [5.41, 5.74) is 0.209. The molecule has 1 aliphatic heterocycles. The maximum atomic E-state index is 9.83. The summed E-state index contributed by atoms with van der Waals surface area (Å²) in [6.45, 7) is 12.6. The lowest BCUT2D eigenvalue weighted by molar-refractivity contribution is -0.0609. The minimum absolute atomic E-state index is 0.246. The Hall–Kier alpha value is -0.590. The van der Waals surface area contributed by atoms with Gasteiger partial charge in [-0.05, 0) is 30.1 Å². The second-order valence-corrected chi connectivity index (χ2v) is 7.60. The van der Waals surface area contributed by atoms with Crippen molar-refractivity contribution in [2.24, 2.45) is 10.8 Å². The van der Waals surface area contributed by atoms with Crippen LogP contribution in [0.4, 0.5) is 0 Å². The molecule has 2 rings (SSSR count). The van der Waals surface area contributed by atoms with Crippen molar-refractivity contribution in [1.29, 1.82) is 5.26 Å². The Morgan fingerprint density at radius 2 is 1.44 bits per heavy atom. The lowest BCUT2D eigenvalue weighted by atomic mass is 9.58. The van der Waals surface area contributed by atoms with Gasteiger partial charge in [0.25, 0.3) is 0 Å². The van der Waals surface area contributed by atoms with E-state index < -0.39 is 0 Å². The van der Waals surface area contributed by atoms with Crippen LogP contribution in [0.2, 0.25) is 0 Å². The third kappa shape index (κ3) is 2.70. The minimum Gasteiger partial charge on any atom is -0.379 e. The molecule has 0 amide bonds. The topological polar surface area (TPSA) is 36.3 Å². The number of nitriles is 1. The van der Waals surface area contributed by atoms with E-state index in [1.807, 2.05) is 0 Å². The molecule has 0 spiro atoms. The molecule has 3 nitrogen and oxygen atoms in total. The summed E-state index contributed by atoms with van der Waals surface area (Å²) in [5.74, 6) is 0. The highest BCUT2D eigenvalue weighted by Crippen LogP contribution is 2.52. The first kappa shape index (κ1) is 13.8. The van der Waals surface area contributed by atoms with E-state index in [1.54, 1.807) is 0 Å². The average molecular weight is 250 g/mol. The summed E-state index contributed by atoms with van der Waals surface area (Å²) < 4.78 is 5.43. The third-order valence-electron chi connectivity index (χ3n) is 4.32. The fraction of sp³-hybridized carbons (Fsp3) is 0.933. The lowest BCUT2D eigenvalue weighted by Crippen LogP contribution is -2.58. The SMILES string of the molecule is CC1(C)CC(C)(C)CC(C#N)(N2CCOCC2)C1. The molecule has 0 radical (unpaired) electrons. The molecule has 18 heavy (non-hydrogen) atoms. The van der Waals surface area contributed by atoms with Crippen LogP contribution in [0.3, 0.4) is 0 Å². The number of morpholine rings is 1. The highest BCUT2D eigenvalue weighted by atomic mass is 16.5. The zero-order valence-electron chi connectivity index (χ0n) is 12.3. The van der Waals surface area contributed by atoms with Gasteiger partial charge in [-0.25, -0.2) is 0 Å². The van der Waals surface area contributed by atoms with Gasteiger partial charge in [0.2, 0.25) is 0 Å². The zero-order valence-corrected chi connectivity index (χ0v) is 12.3. The summed E-state index contributed by atoms with van der Waals surface area (Å²) in [6.07, 6.45) is 3.17. The largest absolute Gasteiger partial charge is 0.379 e. The van der Waals surface area contributed by atoms with E-state index in [0.717, 1.165) is 39.1 Å². The van der Waals surface area contributed by atoms with Gasteiger partial charge in [-0.2, -0.15) is 5.26 Å². The number of hydrogen-bond acceptors (Lipinski definition) is 3. The van der Waals surface area contributed by atoms with E-state index in [2.05, 4.69) is 38.7 Å². The van der Waals surface area contributed by atoms with Crippen LogP contribution in [0, 0.1) is 22.2 Å². The first-order chi connectivity index (χ1) is 8.29. The summed E-state index contributed by atoms with van der Waals surface area (Å²) in [6, 6.07) is 2.67. The van der Waals surface area contributed by atoms with E-state index in [1.165, 1.54) is 6.42 Å². The second-order valence-electron chi connectivity index (χ2n) is 7.60. The summed E-state index contributed by atoms with van der Waals surface area (Å²) in [7, 11) is 0. The first-order valence-electron chi connectivity index (χ1n) is 7.03. The van der Waals surface area contributed by atoms with Crippen LogP contribution in [-0.4, -0.2) is 36.7 Å². The number of nitrogens with zero attached hydrogens (tertiary/aromatic N) is 2. The van der Waals surface area contributed by atoms with Crippen LogP contribution >= 0.6 is 0 Å². The molecule has 0 bridgehead atoms. The molecule has 1 saturated heterocycles. The van der Waals surface area contributed by atoms with Crippen LogP contribution in [0.15, 0.2) is 0 Å². The molecule has 0 unspecified atom stereocenters. The highest BCUT2D eigenvalue weighted by molar-refractivity contribution is 5.15. The van der Waals surface area contributed by atoms with Gasteiger partial charge >= 0.3 is 0 Å². The molecule has 0 aromatic rings. The Bertz CT molecular complexity index is 332. The molecule has 0 atom stereocenters. The van der Waals surface area contributed by atoms with Crippen LogP contribution in [0.5, 0.6) is 0 Å². The summed E-state index contributed by atoms with van der Waals surface area (Å²) in [5, 5.41) is 9.83. The van der Waals surface area contributed by atoms with Gasteiger partial charge in [-0.15, -0.1) is 0 Å². The Balaban J connectivity index is 2.27. The average Bonchev–Trinajstić information content (AvgIpc) is 2.26. The van der Waals surface area contributed by atoms with Crippen molar-refractivity contribution < 1.29 is 4.74 Å². The second kappa shape index (κ2) is 4.51. The molecule has 102 valence electrons. The monoisotopic (exact) mass is 250 g/mol. The normalized spacial score (nSPS) is 30.6. The fourth-order valence-electron chi connectivity index (χ4n) is 4.43. The number of hydrogen-bond donors (Lipinski definition) is 0. The molecule has 1 saturated carbocycles. The van der Waals surface area contributed by atoms with Crippen molar-refractivity contribution in [3.63, 3.8) is 0 Å². The van der Waals surface area contributed by atoms with Gasteiger partial charge in [0.05, 0.1) is 19.3 Å². The van der Waals surface area contributed by atoms with Gasteiger partial charge in [-0.1, -0.05) is 27.7 Å². The predicted octanol–water partition coefficient (Wildman–Crippen LogP) is 2.82. The van der Waals surface area contributed by atoms with Gasteiger partial charge in [0.15, 0.2) is 0 Å². The molecule has 2 aliphatic rings. The molecule has 0 N–H and O–H groups in total. The van der Waals surface area contributed by atoms with Crippen molar-refractivity contribution in [1.82, 2.24) is 4.90 Å². The van der Waals surface area contributed by atoms with Crippen molar-refractivity contribution in [2.45, 2.75) is 52.5 Å². The lowest BCUT2D eigenvalue weighted by Gasteiger charge is -2.53. The van der Waals surface area contributed by atoms with E-state index >= 15 is 0 Å². The smallest absolute Gasteiger partial charge is 0.110 e. The highest BCUT2D eigenvalue weighted by Gasteiger charge is 2.50. The van der Waals surface area contributed by atoms with Crippen molar-refractivity contribution >= 4 is 0 Å². The van der Waals surface area contributed by atoms with Crippen LogP contribution in [-0.2, 0) is 4.74 Å². The van der Waals surface area contributed by atoms with E-state index in [-0.39, 0.29) is 16.4 Å². The van der Waals surface area contributed by atoms with Crippen LogP contribution in [0.25, 0.3) is 0 Å². The van der Waals surface area contributed by atoms with Crippen molar-refractivity contribution in [3.8, 4) is 6.07 Å². The third-order valence-corrected chi connectivity index (χ3v) is 4.32. The fourth-order valence-corrected chi connectivity index (χ4v) is 4.43. The standard InChI is InChI=1S/C15H26N2O/c1-13(2)9-14(3,4)11-15(10-13,12-16)17-5-7-18-8-6-17/h5-11H2,1-4H3. The number of rotatable bonds is 1. The molecule has 1 aliphatic carbocycles. The van der Waals surface area contributed by atoms with Crippen molar-refractivity contribution in [3.05, 3.63) is 0 Å². The predicted molar refractivity (Wildman–Crippen MR) is 72.1 cm³/mol. The van der Waals surface area contributed by atoms with E-state index in [0.29, 0.717) is 0 Å². The summed E-state index contributed by atoms with van der Waals surface area (Å²) >= 11 is 0. The molecular formula is C15H26N2O. The molecule has 0 aromatic carbocycles. The molecule has 0 aromatic heterocycles. The van der Waals surface area contributed by atoms with Gasteiger partial charge in [0.1, 0.15) is 5.54 Å². The molecule has 2 fully saturated rings. The van der Waals surface area contributed by atoms with E-state index in [9.17, 15) is 5.26 Å². The minimum atomic E-state index is -0.283. The Labute approximate surface area is 111 Å².